The van der Waals surface area contributed by atoms with Gasteiger partial charge in [-0.15, -0.1) is 0 Å². The molecule has 2 aromatic carbocycles. The number of benzene rings is 2. The molecule has 0 aliphatic carbocycles. The number of nitrogens with zero attached hydrogens (tertiary/aromatic N) is 2. The fraction of sp³-hybridized carbons (Fsp3) is 0.130. The Morgan fingerprint density at radius 3 is 2.06 bits per heavy atom. The Balaban J connectivity index is 2.32. The molecule has 0 fully saturated rings. The zero-order valence-electron chi connectivity index (χ0n) is 18.3. The van der Waals surface area contributed by atoms with Crippen LogP contribution in [0.15, 0.2) is 59.6 Å². The van der Waals surface area contributed by atoms with E-state index in [1.165, 1.54) is 24.4 Å². The van der Waals surface area contributed by atoms with Crippen molar-refractivity contribution in [3.63, 3.8) is 0 Å². The highest BCUT2D eigenvalue weighted by Gasteiger charge is 2.34. The zero-order chi connectivity index (χ0) is 24.6. The maximum absolute atomic E-state index is 13.7. The largest absolute Gasteiger partial charge is 0.465 e. The Bertz CT molecular complexity index is 1570. The minimum absolute atomic E-state index is 0.00987. The first-order valence-corrected chi connectivity index (χ1v) is 11.2. The fourth-order valence-corrected chi connectivity index (χ4v) is 5.29. The normalized spacial score (nSPS) is 11.4. The topological polar surface area (TPSA) is 131 Å². The fourth-order valence-electron chi connectivity index (χ4n) is 3.80. The summed E-state index contributed by atoms with van der Waals surface area (Å²) in [5, 5.41) is 0.307. The van der Waals surface area contributed by atoms with Crippen LogP contribution in [0.25, 0.3) is 21.9 Å². The van der Waals surface area contributed by atoms with Crippen molar-refractivity contribution < 1.29 is 37.0 Å². The monoisotopic (exact) mass is 482 g/mol. The smallest absolute Gasteiger partial charge is 0.339 e. The number of ether oxygens (including phenoxy) is 3. The van der Waals surface area contributed by atoms with Gasteiger partial charge in [0.15, 0.2) is 5.65 Å². The van der Waals surface area contributed by atoms with Gasteiger partial charge in [0.2, 0.25) is 0 Å². The van der Waals surface area contributed by atoms with E-state index in [0.717, 1.165) is 25.3 Å². The third kappa shape index (κ3) is 3.37. The summed E-state index contributed by atoms with van der Waals surface area (Å²) in [6.07, 6.45) is 1.39. The highest BCUT2D eigenvalue weighted by atomic mass is 32.2. The molecule has 2 heterocycles. The second-order valence-electron chi connectivity index (χ2n) is 7.00. The van der Waals surface area contributed by atoms with E-state index in [2.05, 4.69) is 4.98 Å². The number of carbonyl (C=O) groups is 3. The average Bonchev–Trinajstić information content (AvgIpc) is 3.21. The molecule has 0 aliphatic rings. The Morgan fingerprint density at radius 1 is 0.824 bits per heavy atom. The first-order valence-electron chi connectivity index (χ1n) is 9.79. The van der Waals surface area contributed by atoms with Gasteiger partial charge in [-0.1, -0.05) is 18.2 Å². The van der Waals surface area contributed by atoms with Crippen LogP contribution >= 0.6 is 0 Å². The van der Waals surface area contributed by atoms with E-state index in [-0.39, 0.29) is 38.0 Å². The van der Waals surface area contributed by atoms with Crippen molar-refractivity contribution >= 4 is 49.9 Å². The lowest BCUT2D eigenvalue weighted by Gasteiger charge is -2.14. The van der Waals surface area contributed by atoms with Crippen molar-refractivity contribution in [3.8, 4) is 0 Å². The summed E-state index contributed by atoms with van der Waals surface area (Å²) in [5.41, 5.74) is -1.19. The summed E-state index contributed by atoms with van der Waals surface area (Å²) in [7, 11) is -0.987. The summed E-state index contributed by atoms with van der Waals surface area (Å²) < 4.78 is 42.8. The molecule has 0 aliphatic heterocycles. The van der Waals surface area contributed by atoms with Crippen LogP contribution in [-0.2, 0) is 24.2 Å². The van der Waals surface area contributed by atoms with Gasteiger partial charge < -0.3 is 14.2 Å². The minimum atomic E-state index is -4.25. The van der Waals surface area contributed by atoms with Gasteiger partial charge in [-0.3, -0.25) is 0 Å². The van der Waals surface area contributed by atoms with Crippen LogP contribution in [0, 0.1) is 0 Å². The quantitative estimate of drug-likeness (QED) is 0.311. The van der Waals surface area contributed by atoms with Crippen molar-refractivity contribution in [2.75, 3.05) is 21.3 Å². The molecule has 0 N–H and O–H groups in total. The molecule has 0 saturated carbocycles. The predicted molar refractivity (Wildman–Crippen MR) is 120 cm³/mol. The van der Waals surface area contributed by atoms with Crippen LogP contribution < -0.4 is 0 Å². The molecule has 4 aromatic rings. The first-order chi connectivity index (χ1) is 16.3. The number of fused-ring (bicyclic) bond motifs is 3. The van der Waals surface area contributed by atoms with Crippen molar-refractivity contribution in [1.82, 2.24) is 8.96 Å². The van der Waals surface area contributed by atoms with E-state index in [0.29, 0.717) is 0 Å². The molecular weight excluding hydrogens is 464 g/mol. The molecular formula is C23H18N2O8S. The maximum Gasteiger partial charge on any atom is 0.339 e. The summed E-state index contributed by atoms with van der Waals surface area (Å²) >= 11 is 0. The molecule has 0 radical (unpaired) electrons. The van der Waals surface area contributed by atoms with E-state index < -0.39 is 33.5 Å². The molecule has 0 unspecified atom stereocenters. The molecule has 0 saturated heterocycles. The van der Waals surface area contributed by atoms with Gasteiger partial charge in [-0.2, -0.15) is 0 Å². The van der Waals surface area contributed by atoms with Crippen LogP contribution in [0.2, 0.25) is 0 Å². The van der Waals surface area contributed by atoms with Gasteiger partial charge in [0.1, 0.15) is 0 Å². The SMILES string of the molecule is COC(=O)c1cc2c(c(C(=O)OC)c1C(=O)OC)c1cccnc1n2S(=O)(=O)c1ccccc1. The Kier molecular flexibility index (Phi) is 5.80. The summed E-state index contributed by atoms with van der Waals surface area (Å²) in [6, 6.07) is 11.9. The lowest BCUT2D eigenvalue weighted by Crippen LogP contribution is -2.19. The lowest BCUT2D eigenvalue weighted by atomic mass is 9.95. The molecule has 4 rings (SSSR count). The number of esters is 3. The van der Waals surface area contributed by atoms with Gasteiger partial charge in [-0.05, 0) is 30.3 Å². The number of rotatable bonds is 5. The van der Waals surface area contributed by atoms with Gasteiger partial charge in [-0.25, -0.2) is 31.8 Å². The van der Waals surface area contributed by atoms with E-state index in [1.807, 2.05) is 0 Å². The van der Waals surface area contributed by atoms with Crippen LogP contribution in [0.1, 0.15) is 31.1 Å². The first kappa shape index (κ1) is 22.9. The molecule has 11 heteroatoms. The van der Waals surface area contributed by atoms with E-state index in [1.54, 1.807) is 30.3 Å². The summed E-state index contributed by atoms with van der Waals surface area (Å²) in [6.45, 7) is 0. The maximum atomic E-state index is 13.7. The second kappa shape index (κ2) is 8.60. The average molecular weight is 482 g/mol. The molecule has 0 amide bonds. The van der Waals surface area contributed by atoms with Gasteiger partial charge in [0.05, 0.1) is 48.4 Å². The molecule has 0 bridgehead atoms. The summed E-state index contributed by atoms with van der Waals surface area (Å²) in [5.74, 6) is -2.95. The van der Waals surface area contributed by atoms with E-state index in [9.17, 15) is 22.8 Å². The zero-order valence-corrected chi connectivity index (χ0v) is 19.1. The Morgan fingerprint density at radius 2 is 1.44 bits per heavy atom. The number of pyridine rings is 1. The third-order valence-electron chi connectivity index (χ3n) is 5.24. The number of carbonyl (C=O) groups excluding carboxylic acids is 3. The van der Waals surface area contributed by atoms with Gasteiger partial charge >= 0.3 is 17.9 Å². The minimum Gasteiger partial charge on any atom is -0.465 e. The molecule has 2 aromatic heterocycles. The third-order valence-corrected chi connectivity index (χ3v) is 6.96. The van der Waals surface area contributed by atoms with Crippen molar-refractivity contribution in [2.24, 2.45) is 0 Å². The molecule has 174 valence electrons. The number of hydrogen-bond donors (Lipinski definition) is 0. The Labute approximate surface area is 193 Å². The number of hydrogen-bond acceptors (Lipinski definition) is 9. The van der Waals surface area contributed by atoms with Crippen LogP contribution in [-0.4, -0.2) is 56.6 Å². The highest BCUT2D eigenvalue weighted by Crippen LogP contribution is 2.37. The molecule has 0 spiro atoms. The summed E-state index contributed by atoms with van der Waals surface area (Å²) in [4.78, 5) is 42.5. The second-order valence-corrected chi connectivity index (χ2v) is 8.79. The molecule has 10 nitrogen and oxygen atoms in total. The standard InChI is InChI=1S/C23H18N2O8S/c1-31-21(26)15-12-16-17(19(23(28)33-3)18(15)22(27)32-2)14-10-7-11-24-20(14)25(16)34(29,30)13-8-5-4-6-9-13/h4-12H,1-3H3. The van der Waals surface area contributed by atoms with Crippen molar-refractivity contribution in [1.29, 1.82) is 0 Å². The lowest BCUT2D eigenvalue weighted by molar-refractivity contribution is 0.0537. The predicted octanol–water partition coefficient (Wildman–Crippen LogP) is 2.79. The van der Waals surface area contributed by atoms with Crippen LogP contribution in [0.4, 0.5) is 0 Å². The van der Waals surface area contributed by atoms with Crippen LogP contribution in [0.5, 0.6) is 0 Å². The van der Waals surface area contributed by atoms with Crippen LogP contribution in [0.3, 0.4) is 0 Å². The van der Waals surface area contributed by atoms with E-state index in [4.69, 9.17) is 14.2 Å². The molecule has 0 atom stereocenters. The highest BCUT2D eigenvalue weighted by molar-refractivity contribution is 7.90. The van der Waals surface area contributed by atoms with Crippen molar-refractivity contribution in [3.05, 3.63) is 71.4 Å². The van der Waals surface area contributed by atoms with Gasteiger partial charge in [0.25, 0.3) is 10.0 Å². The molecule has 34 heavy (non-hydrogen) atoms. The Hall–Kier alpha value is -4.25. The number of aromatic nitrogens is 2. The van der Waals surface area contributed by atoms with E-state index >= 15 is 0 Å². The number of methoxy groups -OCH3 is 3. The van der Waals surface area contributed by atoms with Crippen molar-refractivity contribution in [2.45, 2.75) is 4.90 Å². The van der Waals surface area contributed by atoms with Gasteiger partial charge in [0, 0.05) is 17.0 Å².